The second-order valence-corrected chi connectivity index (χ2v) is 6.86. The molecule has 7 nitrogen and oxygen atoms in total. The monoisotopic (exact) mass is 367 g/mol. The van der Waals surface area contributed by atoms with Crippen molar-refractivity contribution in [3.05, 3.63) is 41.6 Å². The molecule has 1 aromatic heterocycles. The van der Waals surface area contributed by atoms with Crippen molar-refractivity contribution < 1.29 is 9.59 Å². The molecule has 0 unspecified atom stereocenters. The third-order valence-electron chi connectivity index (χ3n) is 4.83. The van der Waals surface area contributed by atoms with E-state index in [9.17, 15) is 9.59 Å². The highest BCUT2D eigenvalue weighted by atomic mass is 16.2. The van der Waals surface area contributed by atoms with E-state index in [4.69, 9.17) is 5.73 Å². The average molecular weight is 367 g/mol. The Bertz CT molecular complexity index is 835. The van der Waals surface area contributed by atoms with Gasteiger partial charge in [0.2, 0.25) is 5.91 Å². The fourth-order valence-corrected chi connectivity index (χ4v) is 3.47. The van der Waals surface area contributed by atoms with Crippen molar-refractivity contribution in [2.75, 3.05) is 18.9 Å². The number of carbonyl (C=O) groups is 2. The van der Waals surface area contributed by atoms with Gasteiger partial charge in [-0.05, 0) is 38.3 Å². The Morgan fingerprint density at radius 2 is 1.96 bits per heavy atom. The number of anilines is 1. The molecule has 1 aliphatic heterocycles. The number of aryl methyl sites for hydroxylation is 1. The maximum Gasteiger partial charge on any atom is 0.254 e. The number of rotatable bonds is 5. The summed E-state index contributed by atoms with van der Waals surface area (Å²) >= 11 is 0. The molecule has 1 saturated heterocycles. The Morgan fingerprint density at radius 3 is 2.63 bits per heavy atom. The van der Waals surface area contributed by atoms with Gasteiger partial charge in [-0.1, -0.05) is 12.1 Å². The Morgan fingerprint density at radius 1 is 1.22 bits per heavy atom. The number of carbonyl (C=O) groups excluding carboxylic acids is 2. The van der Waals surface area contributed by atoms with Crippen molar-refractivity contribution in [1.82, 2.24) is 14.9 Å². The summed E-state index contributed by atoms with van der Waals surface area (Å²) in [5.41, 5.74) is 7.66. The maximum absolute atomic E-state index is 12.9. The number of amides is 2. The van der Waals surface area contributed by atoms with Gasteiger partial charge in [-0.3, -0.25) is 9.59 Å². The summed E-state index contributed by atoms with van der Waals surface area (Å²) in [6, 6.07) is 9.05. The van der Waals surface area contributed by atoms with E-state index in [1.165, 1.54) is 0 Å². The third-order valence-corrected chi connectivity index (χ3v) is 4.83. The van der Waals surface area contributed by atoms with Crippen LogP contribution in [0.15, 0.2) is 30.3 Å². The van der Waals surface area contributed by atoms with Crippen LogP contribution in [0.5, 0.6) is 0 Å². The number of nitrogens with two attached hydrogens (primary N) is 1. The molecule has 2 amide bonds. The molecule has 0 spiro atoms. The standard InChI is InChI=1S/C20H25N5O2/c1-13-11-18(22-2)24-19(23-13)14-6-8-15(9-7-14)20(27)25-10-4-3-5-16(25)12-17(21)26/h6-9,11,16H,3-5,10,12H2,1-2H3,(H2,21,26)(H,22,23,24)/t16-/m1/s1. The van der Waals surface area contributed by atoms with Crippen molar-refractivity contribution in [1.29, 1.82) is 0 Å². The van der Waals surface area contributed by atoms with E-state index in [2.05, 4.69) is 15.3 Å². The van der Waals surface area contributed by atoms with Gasteiger partial charge in [-0.15, -0.1) is 0 Å². The van der Waals surface area contributed by atoms with Crippen LogP contribution in [-0.4, -0.2) is 46.3 Å². The van der Waals surface area contributed by atoms with E-state index in [-0.39, 0.29) is 24.3 Å². The number of piperidine rings is 1. The molecule has 1 fully saturated rings. The van der Waals surface area contributed by atoms with Crippen LogP contribution in [0, 0.1) is 6.92 Å². The molecule has 1 aromatic carbocycles. The first-order valence-corrected chi connectivity index (χ1v) is 9.21. The van der Waals surface area contributed by atoms with E-state index in [0.717, 1.165) is 36.3 Å². The smallest absolute Gasteiger partial charge is 0.254 e. The fourth-order valence-electron chi connectivity index (χ4n) is 3.47. The summed E-state index contributed by atoms with van der Waals surface area (Å²) in [5, 5.41) is 3.02. The molecule has 1 aliphatic rings. The van der Waals surface area contributed by atoms with Gasteiger partial charge < -0.3 is 16.0 Å². The lowest BCUT2D eigenvalue weighted by atomic mass is 9.97. The molecule has 3 N–H and O–H groups in total. The summed E-state index contributed by atoms with van der Waals surface area (Å²) < 4.78 is 0. The Kier molecular flexibility index (Phi) is 5.69. The number of primary amides is 1. The molecule has 0 bridgehead atoms. The molecule has 0 saturated carbocycles. The van der Waals surface area contributed by atoms with Gasteiger partial charge in [0.1, 0.15) is 5.82 Å². The number of hydrogen-bond acceptors (Lipinski definition) is 5. The number of nitrogens with zero attached hydrogens (tertiary/aromatic N) is 3. The van der Waals surface area contributed by atoms with Crippen LogP contribution in [0.1, 0.15) is 41.7 Å². The number of likely N-dealkylation sites (tertiary alicyclic amines) is 1. The minimum atomic E-state index is -0.369. The summed E-state index contributed by atoms with van der Waals surface area (Å²) in [6.45, 7) is 2.57. The third kappa shape index (κ3) is 4.42. The molecular weight excluding hydrogens is 342 g/mol. The zero-order valence-corrected chi connectivity index (χ0v) is 15.7. The minimum Gasteiger partial charge on any atom is -0.373 e. The Hall–Kier alpha value is -2.96. The van der Waals surface area contributed by atoms with Gasteiger partial charge in [0, 0.05) is 48.9 Å². The quantitative estimate of drug-likeness (QED) is 0.845. The second kappa shape index (κ2) is 8.16. The van der Waals surface area contributed by atoms with Crippen molar-refractivity contribution in [3.63, 3.8) is 0 Å². The van der Waals surface area contributed by atoms with Gasteiger partial charge in [-0.25, -0.2) is 9.97 Å². The zero-order chi connectivity index (χ0) is 19.4. The number of aromatic nitrogens is 2. The van der Waals surface area contributed by atoms with Crippen LogP contribution >= 0.6 is 0 Å². The number of nitrogens with one attached hydrogen (secondary N) is 1. The van der Waals surface area contributed by atoms with Gasteiger partial charge in [0.25, 0.3) is 5.91 Å². The summed E-state index contributed by atoms with van der Waals surface area (Å²) in [4.78, 5) is 35.0. The second-order valence-electron chi connectivity index (χ2n) is 6.86. The lowest BCUT2D eigenvalue weighted by molar-refractivity contribution is -0.119. The zero-order valence-electron chi connectivity index (χ0n) is 15.7. The Labute approximate surface area is 159 Å². The van der Waals surface area contributed by atoms with Crippen LogP contribution < -0.4 is 11.1 Å². The number of benzene rings is 1. The first kappa shape index (κ1) is 18.8. The predicted molar refractivity (Wildman–Crippen MR) is 104 cm³/mol. The lowest BCUT2D eigenvalue weighted by Gasteiger charge is -2.35. The molecule has 1 atom stereocenters. The van der Waals surface area contributed by atoms with Gasteiger partial charge in [-0.2, -0.15) is 0 Å². The van der Waals surface area contributed by atoms with E-state index in [0.29, 0.717) is 17.9 Å². The molecule has 0 radical (unpaired) electrons. The van der Waals surface area contributed by atoms with E-state index >= 15 is 0 Å². The van der Waals surface area contributed by atoms with Crippen molar-refractivity contribution in [2.24, 2.45) is 5.73 Å². The lowest BCUT2D eigenvalue weighted by Crippen LogP contribution is -2.45. The average Bonchev–Trinajstić information content (AvgIpc) is 2.67. The highest BCUT2D eigenvalue weighted by molar-refractivity contribution is 5.95. The SMILES string of the molecule is CNc1cc(C)nc(-c2ccc(C(=O)N3CCCC[C@@H]3CC(N)=O)cc2)n1. The fraction of sp³-hybridized carbons (Fsp3) is 0.400. The van der Waals surface area contributed by atoms with E-state index in [1.807, 2.05) is 32.2 Å². The van der Waals surface area contributed by atoms with Gasteiger partial charge >= 0.3 is 0 Å². The first-order chi connectivity index (χ1) is 13.0. The van der Waals surface area contributed by atoms with E-state index in [1.54, 1.807) is 17.0 Å². The van der Waals surface area contributed by atoms with Gasteiger partial charge in [0.15, 0.2) is 5.82 Å². The number of hydrogen-bond donors (Lipinski definition) is 2. The molecule has 7 heteroatoms. The Balaban J connectivity index is 1.81. The van der Waals surface area contributed by atoms with Crippen molar-refractivity contribution >= 4 is 17.6 Å². The summed E-state index contributed by atoms with van der Waals surface area (Å²) in [6.07, 6.45) is 2.99. The molecule has 142 valence electrons. The minimum absolute atomic E-state index is 0.0615. The summed E-state index contributed by atoms with van der Waals surface area (Å²) in [5.74, 6) is 0.934. The molecular formula is C20H25N5O2. The van der Waals surface area contributed by atoms with Crippen molar-refractivity contribution in [2.45, 2.75) is 38.6 Å². The predicted octanol–water partition coefficient (Wildman–Crippen LogP) is 2.36. The van der Waals surface area contributed by atoms with Crippen LogP contribution in [0.3, 0.4) is 0 Å². The van der Waals surface area contributed by atoms with Crippen LogP contribution in [0.4, 0.5) is 5.82 Å². The molecule has 0 aliphatic carbocycles. The highest BCUT2D eigenvalue weighted by Crippen LogP contribution is 2.23. The van der Waals surface area contributed by atoms with Gasteiger partial charge in [0.05, 0.1) is 0 Å². The first-order valence-electron chi connectivity index (χ1n) is 9.21. The largest absolute Gasteiger partial charge is 0.373 e. The van der Waals surface area contributed by atoms with Crippen LogP contribution in [-0.2, 0) is 4.79 Å². The maximum atomic E-state index is 12.9. The van der Waals surface area contributed by atoms with Crippen LogP contribution in [0.2, 0.25) is 0 Å². The molecule has 3 rings (SSSR count). The van der Waals surface area contributed by atoms with Crippen molar-refractivity contribution in [3.8, 4) is 11.4 Å². The highest BCUT2D eigenvalue weighted by Gasteiger charge is 2.28. The van der Waals surface area contributed by atoms with E-state index < -0.39 is 0 Å². The topological polar surface area (TPSA) is 101 Å². The molecule has 2 aromatic rings. The molecule has 27 heavy (non-hydrogen) atoms. The van der Waals surface area contributed by atoms with Crippen LogP contribution in [0.25, 0.3) is 11.4 Å². The molecule has 2 heterocycles. The normalized spacial score (nSPS) is 16.8. The summed E-state index contributed by atoms with van der Waals surface area (Å²) in [7, 11) is 1.81.